The molecular formula is C30H29N3O3. The van der Waals surface area contributed by atoms with Gasteiger partial charge >= 0.3 is 0 Å². The smallest absolute Gasteiger partial charge is 0.254 e. The summed E-state index contributed by atoms with van der Waals surface area (Å²) in [5.74, 6) is 0.606. The van der Waals surface area contributed by atoms with Gasteiger partial charge in [0, 0.05) is 49.7 Å². The molecule has 0 spiro atoms. The molecule has 1 aromatic heterocycles. The summed E-state index contributed by atoms with van der Waals surface area (Å²) in [5.41, 5.74) is 6.45. The van der Waals surface area contributed by atoms with Crippen molar-refractivity contribution in [3.8, 4) is 17.0 Å². The Hall–Kier alpha value is -3.74. The molecule has 4 aromatic rings. The summed E-state index contributed by atoms with van der Waals surface area (Å²) >= 11 is 0. The molecule has 1 unspecified atom stereocenters. The van der Waals surface area contributed by atoms with Gasteiger partial charge < -0.3 is 14.7 Å². The number of carbonyl (C=O) groups excluding carboxylic acids is 1. The molecule has 6 rings (SSSR count). The monoisotopic (exact) mass is 479 g/mol. The topological polar surface area (TPSA) is 65.9 Å². The minimum atomic E-state index is -0.630. The van der Waals surface area contributed by atoms with E-state index in [-0.39, 0.29) is 12.5 Å². The fourth-order valence-electron chi connectivity index (χ4n) is 5.33. The molecule has 6 heteroatoms. The second-order valence-corrected chi connectivity index (χ2v) is 9.57. The van der Waals surface area contributed by atoms with Crippen molar-refractivity contribution in [2.45, 2.75) is 12.5 Å². The van der Waals surface area contributed by atoms with Crippen LogP contribution in [0.1, 0.15) is 21.5 Å². The highest BCUT2D eigenvalue weighted by Gasteiger charge is 2.28. The van der Waals surface area contributed by atoms with E-state index >= 15 is 0 Å². The lowest BCUT2D eigenvalue weighted by Crippen LogP contribution is -2.51. The molecule has 3 aromatic carbocycles. The van der Waals surface area contributed by atoms with E-state index in [1.54, 1.807) is 0 Å². The molecule has 1 amide bonds. The quantitative estimate of drug-likeness (QED) is 0.399. The normalized spacial score (nSPS) is 16.0. The number of aliphatic hydroxyl groups excluding tert-OH is 1. The van der Waals surface area contributed by atoms with Gasteiger partial charge in [0.25, 0.3) is 5.91 Å². The Morgan fingerprint density at radius 1 is 0.889 bits per heavy atom. The average molecular weight is 480 g/mol. The van der Waals surface area contributed by atoms with Crippen molar-refractivity contribution in [2.24, 2.45) is 0 Å². The number of para-hydroxylation sites is 1. The summed E-state index contributed by atoms with van der Waals surface area (Å²) in [4.78, 5) is 22.1. The maximum absolute atomic E-state index is 13.5. The molecule has 1 aliphatic heterocycles. The van der Waals surface area contributed by atoms with E-state index in [0.717, 1.165) is 41.5 Å². The molecule has 0 saturated carbocycles. The number of aromatic nitrogens is 1. The predicted molar refractivity (Wildman–Crippen MR) is 140 cm³/mol. The van der Waals surface area contributed by atoms with Crippen LogP contribution in [-0.2, 0) is 6.42 Å². The SMILES string of the molecule is O=C(c1cccc2c1-c1ccccc1C2)N1CCN(CC(O)COc2ccc3ccccc3n2)CC1. The van der Waals surface area contributed by atoms with Gasteiger partial charge in [0.05, 0.1) is 5.52 Å². The van der Waals surface area contributed by atoms with E-state index in [1.165, 1.54) is 16.7 Å². The Morgan fingerprint density at radius 2 is 1.67 bits per heavy atom. The highest BCUT2D eigenvalue weighted by molar-refractivity contribution is 6.03. The van der Waals surface area contributed by atoms with Crippen LogP contribution in [0.4, 0.5) is 0 Å². The molecule has 1 N–H and O–H groups in total. The fourth-order valence-corrected chi connectivity index (χ4v) is 5.33. The molecule has 1 atom stereocenters. The summed E-state index contributed by atoms with van der Waals surface area (Å²) in [6.07, 6.45) is 0.254. The van der Waals surface area contributed by atoms with Crippen LogP contribution in [0, 0.1) is 0 Å². The molecule has 1 aliphatic carbocycles. The van der Waals surface area contributed by atoms with Gasteiger partial charge in [-0.3, -0.25) is 9.69 Å². The molecule has 0 bridgehead atoms. The van der Waals surface area contributed by atoms with Crippen LogP contribution in [-0.4, -0.2) is 71.2 Å². The summed E-state index contributed by atoms with van der Waals surface area (Å²) in [5, 5.41) is 11.6. The molecule has 1 fully saturated rings. The standard InChI is InChI=1S/C30H29N3O3/c34-24(20-36-28-13-12-21-6-2-4-11-27(21)31-28)19-32-14-16-33(17-15-32)30(35)26-10-5-8-23-18-22-7-1-3-9-25(22)29(23)26/h1-13,24,34H,14-20H2. The molecule has 2 aliphatic rings. The Bertz CT molecular complexity index is 1410. The van der Waals surface area contributed by atoms with Gasteiger partial charge in [-0.05, 0) is 46.9 Å². The lowest BCUT2D eigenvalue weighted by Gasteiger charge is -2.35. The number of β-amino-alcohol motifs (C(OH)–C–C–N with tert-alkyl or cyclic N) is 1. The lowest BCUT2D eigenvalue weighted by molar-refractivity contribution is 0.0397. The van der Waals surface area contributed by atoms with E-state index in [4.69, 9.17) is 4.74 Å². The minimum Gasteiger partial charge on any atom is -0.475 e. The number of nitrogens with zero attached hydrogens (tertiary/aromatic N) is 3. The van der Waals surface area contributed by atoms with Crippen LogP contribution in [0.3, 0.4) is 0 Å². The average Bonchev–Trinajstić information content (AvgIpc) is 3.31. The van der Waals surface area contributed by atoms with E-state index < -0.39 is 6.10 Å². The van der Waals surface area contributed by atoms with Crippen LogP contribution < -0.4 is 4.74 Å². The number of aliphatic hydroxyl groups is 1. The molecule has 1 saturated heterocycles. The first kappa shape index (κ1) is 22.7. The van der Waals surface area contributed by atoms with Crippen LogP contribution in [0.2, 0.25) is 0 Å². The number of ether oxygens (including phenoxy) is 1. The van der Waals surface area contributed by atoms with Crippen molar-refractivity contribution >= 4 is 16.8 Å². The summed E-state index contributed by atoms with van der Waals surface area (Å²) < 4.78 is 5.75. The molecule has 36 heavy (non-hydrogen) atoms. The molecule has 6 nitrogen and oxygen atoms in total. The third-order valence-corrected chi connectivity index (χ3v) is 7.17. The highest BCUT2D eigenvalue weighted by Crippen LogP contribution is 2.39. The number of carbonyl (C=O) groups is 1. The van der Waals surface area contributed by atoms with Crippen molar-refractivity contribution < 1.29 is 14.6 Å². The zero-order valence-electron chi connectivity index (χ0n) is 20.1. The fraction of sp³-hybridized carbons (Fsp3) is 0.267. The lowest BCUT2D eigenvalue weighted by atomic mass is 9.98. The van der Waals surface area contributed by atoms with Crippen LogP contribution in [0.25, 0.3) is 22.0 Å². The first-order valence-electron chi connectivity index (χ1n) is 12.5. The van der Waals surface area contributed by atoms with Crippen molar-refractivity contribution in [1.29, 1.82) is 0 Å². The van der Waals surface area contributed by atoms with E-state index in [1.807, 2.05) is 59.5 Å². The maximum atomic E-state index is 13.5. The third kappa shape index (κ3) is 4.45. The number of hydrogen-bond donors (Lipinski definition) is 1. The number of benzene rings is 3. The van der Waals surface area contributed by atoms with Crippen molar-refractivity contribution in [3.63, 3.8) is 0 Å². The summed E-state index contributed by atoms with van der Waals surface area (Å²) in [6.45, 7) is 3.42. The second-order valence-electron chi connectivity index (χ2n) is 9.57. The number of piperazine rings is 1. The Kier molecular flexibility index (Phi) is 6.13. The largest absolute Gasteiger partial charge is 0.475 e. The number of fused-ring (bicyclic) bond motifs is 4. The van der Waals surface area contributed by atoms with E-state index in [2.05, 4.69) is 34.1 Å². The van der Waals surface area contributed by atoms with Crippen LogP contribution in [0.15, 0.2) is 78.9 Å². The van der Waals surface area contributed by atoms with Gasteiger partial charge in [0.1, 0.15) is 12.7 Å². The van der Waals surface area contributed by atoms with Gasteiger partial charge in [0.15, 0.2) is 0 Å². The summed E-state index contributed by atoms with van der Waals surface area (Å²) in [7, 11) is 0. The number of pyridine rings is 1. The second kappa shape index (κ2) is 9.72. The number of rotatable bonds is 6. The Balaban J connectivity index is 1.04. The summed E-state index contributed by atoms with van der Waals surface area (Å²) in [6, 6.07) is 26.1. The molecule has 2 heterocycles. The molecule has 182 valence electrons. The van der Waals surface area contributed by atoms with Crippen LogP contribution >= 0.6 is 0 Å². The third-order valence-electron chi connectivity index (χ3n) is 7.17. The zero-order chi connectivity index (χ0) is 24.5. The number of hydrogen-bond acceptors (Lipinski definition) is 5. The van der Waals surface area contributed by atoms with E-state index in [9.17, 15) is 9.90 Å². The van der Waals surface area contributed by atoms with Gasteiger partial charge in [0.2, 0.25) is 5.88 Å². The maximum Gasteiger partial charge on any atom is 0.254 e. The van der Waals surface area contributed by atoms with Gasteiger partial charge in [-0.25, -0.2) is 4.98 Å². The predicted octanol–water partition coefficient (Wildman–Crippen LogP) is 4.00. The number of amides is 1. The minimum absolute atomic E-state index is 0.0921. The molecule has 0 radical (unpaired) electrons. The highest BCUT2D eigenvalue weighted by atomic mass is 16.5. The van der Waals surface area contributed by atoms with Crippen molar-refractivity contribution in [3.05, 3.63) is 95.6 Å². The van der Waals surface area contributed by atoms with Gasteiger partial charge in [-0.1, -0.05) is 54.6 Å². The first-order valence-corrected chi connectivity index (χ1v) is 12.5. The zero-order valence-corrected chi connectivity index (χ0v) is 20.1. The van der Waals surface area contributed by atoms with Crippen molar-refractivity contribution in [2.75, 3.05) is 39.3 Å². The molecular weight excluding hydrogens is 450 g/mol. The Labute approximate surface area is 210 Å². The van der Waals surface area contributed by atoms with E-state index in [0.29, 0.717) is 25.5 Å². The van der Waals surface area contributed by atoms with Crippen LogP contribution in [0.5, 0.6) is 5.88 Å². The van der Waals surface area contributed by atoms with Gasteiger partial charge in [-0.15, -0.1) is 0 Å². The first-order chi connectivity index (χ1) is 17.7. The van der Waals surface area contributed by atoms with Gasteiger partial charge in [-0.2, -0.15) is 0 Å². The van der Waals surface area contributed by atoms with Crippen molar-refractivity contribution in [1.82, 2.24) is 14.8 Å². The Morgan fingerprint density at radius 3 is 2.56 bits per heavy atom.